The molecule has 138 valence electrons. The SMILES string of the molecule is CCCCNC(=O)NC(=O)COC(=O)C(C)(C)Oc1ccc(Cl)cc1. The van der Waals surface area contributed by atoms with Crippen molar-refractivity contribution in [1.82, 2.24) is 10.6 Å². The van der Waals surface area contributed by atoms with Crippen LogP contribution in [0.25, 0.3) is 0 Å². The van der Waals surface area contributed by atoms with Gasteiger partial charge in [0.05, 0.1) is 0 Å². The molecule has 1 rings (SSSR count). The first kappa shape index (κ1) is 20.8. The second kappa shape index (κ2) is 9.88. The number of ether oxygens (including phenoxy) is 2. The van der Waals surface area contributed by atoms with Crippen molar-refractivity contribution in [2.45, 2.75) is 39.2 Å². The zero-order chi connectivity index (χ0) is 18.9. The summed E-state index contributed by atoms with van der Waals surface area (Å²) < 4.78 is 10.5. The molecule has 0 heterocycles. The summed E-state index contributed by atoms with van der Waals surface area (Å²) >= 11 is 5.79. The highest BCUT2D eigenvalue weighted by Crippen LogP contribution is 2.21. The van der Waals surface area contributed by atoms with E-state index >= 15 is 0 Å². The summed E-state index contributed by atoms with van der Waals surface area (Å²) in [5.41, 5.74) is -1.31. The van der Waals surface area contributed by atoms with E-state index in [0.717, 1.165) is 12.8 Å². The number of nitrogens with one attached hydrogen (secondary N) is 2. The summed E-state index contributed by atoms with van der Waals surface area (Å²) in [7, 11) is 0. The van der Waals surface area contributed by atoms with Crippen LogP contribution in [0.15, 0.2) is 24.3 Å². The maximum atomic E-state index is 12.1. The number of esters is 1. The fourth-order valence-electron chi connectivity index (χ4n) is 1.73. The first-order valence-corrected chi connectivity index (χ1v) is 8.32. The highest BCUT2D eigenvalue weighted by atomic mass is 35.5. The highest BCUT2D eigenvalue weighted by molar-refractivity contribution is 6.30. The summed E-state index contributed by atoms with van der Waals surface area (Å²) in [6.45, 7) is 4.90. The molecule has 8 heteroatoms. The van der Waals surface area contributed by atoms with Crippen molar-refractivity contribution < 1.29 is 23.9 Å². The van der Waals surface area contributed by atoms with E-state index in [4.69, 9.17) is 21.1 Å². The molecule has 7 nitrogen and oxygen atoms in total. The number of imide groups is 1. The van der Waals surface area contributed by atoms with Crippen molar-refractivity contribution in [1.29, 1.82) is 0 Å². The predicted molar refractivity (Wildman–Crippen MR) is 93.6 cm³/mol. The van der Waals surface area contributed by atoms with Crippen LogP contribution in [0.1, 0.15) is 33.6 Å². The lowest BCUT2D eigenvalue weighted by molar-refractivity contribution is -0.161. The maximum Gasteiger partial charge on any atom is 0.350 e. The standard InChI is InChI=1S/C17H23ClN2O5/c1-4-5-10-19-16(23)20-14(21)11-24-15(22)17(2,3)25-13-8-6-12(18)7-9-13/h6-9H,4-5,10-11H2,1-3H3,(H2,19,20,21,23). The lowest BCUT2D eigenvalue weighted by Crippen LogP contribution is -2.44. The molecule has 0 spiro atoms. The Labute approximate surface area is 152 Å². The van der Waals surface area contributed by atoms with E-state index in [1.54, 1.807) is 24.3 Å². The summed E-state index contributed by atoms with van der Waals surface area (Å²) in [6.07, 6.45) is 1.74. The third-order valence-corrected chi connectivity index (χ3v) is 3.33. The van der Waals surface area contributed by atoms with Crippen LogP contribution in [0, 0.1) is 0 Å². The molecule has 0 saturated heterocycles. The van der Waals surface area contributed by atoms with Gasteiger partial charge in [0.2, 0.25) is 0 Å². The van der Waals surface area contributed by atoms with Gasteiger partial charge >= 0.3 is 12.0 Å². The second-order valence-electron chi connectivity index (χ2n) is 5.80. The highest BCUT2D eigenvalue weighted by Gasteiger charge is 2.32. The van der Waals surface area contributed by atoms with Crippen LogP contribution in [-0.2, 0) is 14.3 Å². The smallest absolute Gasteiger partial charge is 0.350 e. The molecule has 0 aromatic heterocycles. The molecule has 1 aromatic rings. The van der Waals surface area contributed by atoms with Crippen molar-refractivity contribution in [2.24, 2.45) is 0 Å². The van der Waals surface area contributed by atoms with Crippen molar-refractivity contribution in [3.05, 3.63) is 29.3 Å². The Hall–Kier alpha value is -2.28. The molecule has 0 aliphatic rings. The molecule has 0 bridgehead atoms. The fraction of sp³-hybridized carbons (Fsp3) is 0.471. The molecule has 0 saturated carbocycles. The maximum absolute atomic E-state index is 12.1. The first-order valence-electron chi connectivity index (χ1n) is 7.94. The number of urea groups is 1. The number of hydrogen-bond donors (Lipinski definition) is 2. The quantitative estimate of drug-likeness (QED) is 0.542. The molecular formula is C17H23ClN2O5. The van der Waals surface area contributed by atoms with E-state index in [1.165, 1.54) is 13.8 Å². The van der Waals surface area contributed by atoms with E-state index in [2.05, 4.69) is 10.6 Å². The molecule has 0 atom stereocenters. The lowest BCUT2D eigenvalue weighted by Gasteiger charge is -2.24. The Morgan fingerprint density at radius 1 is 1.16 bits per heavy atom. The summed E-state index contributed by atoms with van der Waals surface area (Å²) in [5, 5.41) is 5.15. The molecule has 0 aliphatic carbocycles. The van der Waals surface area contributed by atoms with Crippen molar-refractivity contribution in [3.8, 4) is 5.75 Å². The number of rotatable bonds is 8. The van der Waals surface area contributed by atoms with Gasteiger partial charge in [-0.05, 0) is 44.5 Å². The average molecular weight is 371 g/mol. The number of unbranched alkanes of at least 4 members (excludes halogenated alkanes) is 1. The van der Waals surface area contributed by atoms with Crippen molar-refractivity contribution in [3.63, 3.8) is 0 Å². The number of benzene rings is 1. The number of halogens is 1. The minimum absolute atomic E-state index is 0.436. The summed E-state index contributed by atoms with van der Waals surface area (Å²) in [6, 6.07) is 5.87. The molecule has 1 aromatic carbocycles. The van der Waals surface area contributed by atoms with Gasteiger partial charge in [-0.3, -0.25) is 10.1 Å². The van der Waals surface area contributed by atoms with Gasteiger partial charge in [-0.15, -0.1) is 0 Å². The van der Waals surface area contributed by atoms with Crippen molar-refractivity contribution >= 4 is 29.5 Å². The van der Waals surface area contributed by atoms with Gasteiger partial charge in [0.1, 0.15) is 5.75 Å². The number of carbonyl (C=O) groups is 3. The van der Waals surface area contributed by atoms with E-state index in [1.807, 2.05) is 6.92 Å². The number of hydrogen-bond acceptors (Lipinski definition) is 5. The zero-order valence-electron chi connectivity index (χ0n) is 14.6. The van der Waals surface area contributed by atoms with E-state index in [-0.39, 0.29) is 0 Å². The van der Waals surface area contributed by atoms with Crippen LogP contribution < -0.4 is 15.4 Å². The molecule has 0 radical (unpaired) electrons. The van der Waals surface area contributed by atoms with Crippen LogP contribution in [0.3, 0.4) is 0 Å². The Bertz CT molecular complexity index is 602. The second-order valence-corrected chi connectivity index (χ2v) is 6.24. The molecule has 0 aliphatic heterocycles. The van der Waals surface area contributed by atoms with Crippen LogP contribution in [0.2, 0.25) is 5.02 Å². The third kappa shape index (κ3) is 7.89. The average Bonchev–Trinajstić information content (AvgIpc) is 2.54. The summed E-state index contributed by atoms with van der Waals surface area (Å²) in [5.74, 6) is -1.01. The predicted octanol–water partition coefficient (Wildman–Crippen LogP) is 2.67. The molecule has 3 amide bonds. The Kier molecular flexibility index (Phi) is 8.21. The zero-order valence-corrected chi connectivity index (χ0v) is 15.3. The Morgan fingerprint density at radius 2 is 1.80 bits per heavy atom. The molecule has 0 unspecified atom stereocenters. The van der Waals surface area contributed by atoms with Gasteiger partial charge in [0, 0.05) is 11.6 Å². The third-order valence-electron chi connectivity index (χ3n) is 3.08. The number of amides is 3. The molecule has 2 N–H and O–H groups in total. The van der Waals surface area contributed by atoms with Gasteiger partial charge < -0.3 is 14.8 Å². The topological polar surface area (TPSA) is 93.7 Å². The van der Waals surface area contributed by atoms with Gasteiger partial charge in [0.25, 0.3) is 5.91 Å². The van der Waals surface area contributed by atoms with Gasteiger partial charge in [0.15, 0.2) is 12.2 Å². The van der Waals surface area contributed by atoms with Gasteiger partial charge in [-0.25, -0.2) is 9.59 Å². The van der Waals surface area contributed by atoms with Crippen LogP contribution >= 0.6 is 11.6 Å². The monoisotopic (exact) mass is 370 g/mol. The summed E-state index contributed by atoms with van der Waals surface area (Å²) in [4.78, 5) is 35.1. The van der Waals surface area contributed by atoms with E-state index < -0.39 is 30.1 Å². The van der Waals surface area contributed by atoms with Crippen LogP contribution in [0.5, 0.6) is 5.75 Å². The fourth-order valence-corrected chi connectivity index (χ4v) is 1.86. The van der Waals surface area contributed by atoms with Crippen LogP contribution in [-0.4, -0.2) is 36.7 Å². The van der Waals surface area contributed by atoms with Crippen LogP contribution in [0.4, 0.5) is 4.79 Å². The first-order chi connectivity index (χ1) is 11.7. The van der Waals surface area contributed by atoms with E-state index in [0.29, 0.717) is 17.3 Å². The number of carbonyl (C=O) groups excluding carboxylic acids is 3. The van der Waals surface area contributed by atoms with Crippen molar-refractivity contribution in [2.75, 3.05) is 13.2 Å². The Morgan fingerprint density at radius 3 is 2.40 bits per heavy atom. The molecular weight excluding hydrogens is 348 g/mol. The van der Waals surface area contributed by atoms with E-state index in [9.17, 15) is 14.4 Å². The normalized spacial score (nSPS) is 10.7. The Balaban J connectivity index is 2.42. The minimum Gasteiger partial charge on any atom is -0.476 e. The van der Waals surface area contributed by atoms with Gasteiger partial charge in [-0.1, -0.05) is 24.9 Å². The van der Waals surface area contributed by atoms with Gasteiger partial charge in [-0.2, -0.15) is 0 Å². The lowest BCUT2D eigenvalue weighted by atomic mass is 10.1. The molecule has 0 fully saturated rings. The largest absolute Gasteiger partial charge is 0.476 e. The molecule has 25 heavy (non-hydrogen) atoms. The minimum atomic E-state index is -1.31.